The van der Waals surface area contributed by atoms with Gasteiger partial charge in [-0.2, -0.15) is 0 Å². The van der Waals surface area contributed by atoms with Gasteiger partial charge in [-0.25, -0.2) is 0 Å². The Balaban J connectivity index is 1.03. The minimum Gasteiger partial charge on any atom is -0.310 e. The molecule has 0 aliphatic heterocycles. The fourth-order valence-corrected chi connectivity index (χ4v) is 15.8. The molecule has 98 heavy (non-hydrogen) atoms. The summed E-state index contributed by atoms with van der Waals surface area (Å²) in [7, 11) is 0. The van der Waals surface area contributed by atoms with Gasteiger partial charge in [0.05, 0.1) is 56.2 Å². The lowest BCUT2D eigenvalue weighted by molar-refractivity contribution is 1.15. The maximum Gasteiger partial charge on any atom is 0.0543 e. The van der Waals surface area contributed by atoms with Gasteiger partial charge in [0.15, 0.2) is 0 Å². The van der Waals surface area contributed by atoms with Crippen molar-refractivity contribution in [2.45, 2.75) is 96.9 Å². The molecule has 0 saturated carbocycles. The van der Waals surface area contributed by atoms with Crippen molar-refractivity contribution in [3.8, 4) is 11.4 Å². The van der Waals surface area contributed by atoms with Crippen LogP contribution in [0, 0.1) is 96.9 Å². The molecule has 15 aromatic rings. The van der Waals surface area contributed by atoms with E-state index in [0.717, 1.165) is 79.6 Å². The highest BCUT2D eigenvalue weighted by atomic mass is 15.2. The van der Waals surface area contributed by atoms with Gasteiger partial charge in [0.25, 0.3) is 0 Å². The molecule has 0 radical (unpaired) electrons. The maximum absolute atomic E-state index is 2.51. The average molecular weight is 1270 g/mol. The van der Waals surface area contributed by atoms with Gasteiger partial charge in [-0.3, -0.25) is 0 Å². The van der Waals surface area contributed by atoms with Crippen LogP contribution >= 0.6 is 0 Å². The van der Waals surface area contributed by atoms with Crippen molar-refractivity contribution in [2.75, 3.05) is 19.6 Å². The van der Waals surface area contributed by atoms with E-state index in [4.69, 9.17) is 0 Å². The summed E-state index contributed by atoms with van der Waals surface area (Å²) < 4.78 is 5.02. The highest BCUT2D eigenvalue weighted by molar-refractivity contribution is 6.14. The highest BCUT2D eigenvalue weighted by Gasteiger charge is 2.27. The zero-order chi connectivity index (χ0) is 67.9. The molecular formula is C92H84N6. The van der Waals surface area contributed by atoms with Crippen LogP contribution in [0.15, 0.2) is 255 Å². The summed E-state index contributed by atoms with van der Waals surface area (Å²) in [5.74, 6) is 0. The summed E-state index contributed by atoms with van der Waals surface area (Å²) in [6, 6.07) is 96.5. The number of benzene rings is 13. The second-order valence-corrected chi connectivity index (χ2v) is 27.9. The molecule has 0 aliphatic carbocycles. The molecule has 13 aromatic carbocycles. The first-order chi connectivity index (χ1) is 47.3. The molecular weight excluding hydrogens is 1190 g/mol. The van der Waals surface area contributed by atoms with Crippen LogP contribution in [0.4, 0.5) is 68.2 Å². The highest BCUT2D eigenvalue weighted by Crippen LogP contribution is 2.50. The number of anilines is 12. The zero-order valence-electron chi connectivity index (χ0n) is 58.9. The largest absolute Gasteiger partial charge is 0.310 e. The van der Waals surface area contributed by atoms with E-state index in [9.17, 15) is 0 Å². The topological polar surface area (TPSA) is 22.8 Å². The fourth-order valence-electron chi connectivity index (χ4n) is 15.8. The monoisotopic (exact) mass is 1270 g/mol. The smallest absolute Gasteiger partial charge is 0.0543 e. The summed E-state index contributed by atoms with van der Waals surface area (Å²) in [4.78, 5) is 9.93. The normalized spacial score (nSPS) is 11.6. The average Bonchev–Trinajstić information content (AvgIpc) is 1.56. The summed E-state index contributed by atoms with van der Waals surface area (Å²) in [6.45, 7) is 31.1. The predicted molar refractivity (Wildman–Crippen MR) is 420 cm³/mol. The Labute approximate surface area is 578 Å². The molecule has 2 heterocycles. The lowest BCUT2D eigenvalue weighted by Gasteiger charge is -2.33. The Bertz CT molecular complexity index is 5130. The van der Waals surface area contributed by atoms with Crippen LogP contribution in [0.2, 0.25) is 0 Å². The van der Waals surface area contributed by atoms with E-state index in [1.54, 1.807) is 0 Å². The Kier molecular flexibility index (Phi) is 16.0. The molecule has 6 heteroatoms. The van der Waals surface area contributed by atoms with Crippen LogP contribution in [0.3, 0.4) is 0 Å². The predicted octanol–water partition coefficient (Wildman–Crippen LogP) is 26.1. The van der Waals surface area contributed by atoms with E-state index in [1.807, 2.05) is 0 Å². The first-order valence-electron chi connectivity index (χ1n) is 34.4. The molecule has 0 N–H and O–H groups in total. The molecule has 482 valence electrons. The number of hydrogen-bond acceptors (Lipinski definition) is 4. The van der Waals surface area contributed by atoms with Gasteiger partial charge in [0.1, 0.15) is 0 Å². The van der Waals surface area contributed by atoms with Crippen molar-refractivity contribution in [1.82, 2.24) is 9.13 Å². The quantitative estimate of drug-likeness (QED) is 0.108. The minimum atomic E-state index is 1.01. The zero-order valence-corrected chi connectivity index (χ0v) is 58.9. The second-order valence-electron chi connectivity index (χ2n) is 27.9. The van der Waals surface area contributed by atoms with Crippen molar-refractivity contribution < 1.29 is 0 Å². The maximum atomic E-state index is 2.51. The minimum absolute atomic E-state index is 1.01. The van der Waals surface area contributed by atoms with Crippen LogP contribution in [-0.4, -0.2) is 9.13 Å². The molecule has 0 atom stereocenters. The lowest BCUT2D eigenvalue weighted by atomic mass is 10.0. The molecule has 0 fully saturated rings. The fraction of sp³-hybridized carbons (Fsp3) is 0.152. The number of fused-ring (bicyclic) bond motifs is 6. The molecule has 0 saturated heterocycles. The van der Waals surface area contributed by atoms with E-state index in [-0.39, 0.29) is 0 Å². The standard InChI is InChI=1S/C92H84N6/c1-57-22-15-28-71(40-57)93(75-42-59(3)36-60(4)43-75)79-51-81(55-83(53-79)97-85-32-17-24-67(11)89(85)90-68(12)25-18-33-86(90)97)95(77-46-63(7)38-64(8)47-77)73-30-21-31-74(50-73)96(78-48-65(9)39-66(10)49-78)82-52-80(94(72-29-16-23-58(2)41-72)76-44-61(5)37-62(6)45-76)54-84(56-82)98-87-34-19-26-69(13)91(87)92-70(14)27-20-35-88(92)98/h15-56H,1-14H3. The van der Waals surface area contributed by atoms with Gasteiger partial charge >= 0.3 is 0 Å². The molecule has 6 nitrogen and oxygen atoms in total. The van der Waals surface area contributed by atoms with Crippen molar-refractivity contribution in [3.63, 3.8) is 0 Å². The van der Waals surface area contributed by atoms with Crippen molar-refractivity contribution in [3.05, 3.63) is 333 Å². The van der Waals surface area contributed by atoms with Gasteiger partial charge in [0.2, 0.25) is 0 Å². The second kappa shape index (κ2) is 25.0. The molecule has 0 spiro atoms. The third-order valence-electron chi connectivity index (χ3n) is 19.5. The Morgan fingerprint density at radius 2 is 0.367 bits per heavy atom. The summed E-state index contributed by atoms with van der Waals surface area (Å²) in [6.07, 6.45) is 0. The van der Waals surface area contributed by atoms with Crippen LogP contribution in [-0.2, 0) is 0 Å². The number of rotatable bonds is 14. The number of aryl methyl sites for hydroxylation is 14. The van der Waals surface area contributed by atoms with E-state index < -0.39 is 0 Å². The van der Waals surface area contributed by atoms with Gasteiger partial charge in [-0.05, 0) is 326 Å². The van der Waals surface area contributed by atoms with E-state index in [2.05, 4.69) is 380 Å². The van der Waals surface area contributed by atoms with E-state index in [1.165, 1.54) is 122 Å². The third-order valence-corrected chi connectivity index (χ3v) is 19.5. The van der Waals surface area contributed by atoms with Gasteiger partial charge < -0.3 is 28.7 Å². The van der Waals surface area contributed by atoms with E-state index in [0.29, 0.717) is 0 Å². The first kappa shape index (κ1) is 62.8. The van der Waals surface area contributed by atoms with Crippen molar-refractivity contribution in [2.24, 2.45) is 0 Å². The molecule has 0 unspecified atom stereocenters. The van der Waals surface area contributed by atoms with Gasteiger partial charge in [-0.1, -0.05) is 103 Å². The summed E-state index contributed by atoms with van der Waals surface area (Å²) in [5.41, 5.74) is 36.3. The number of hydrogen-bond donors (Lipinski definition) is 0. The molecule has 15 rings (SSSR count). The van der Waals surface area contributed by atoms with Gasteiger partial charge in [-0.15, -0.1) is 0 Å². The Hall–Kier alpha value is -11.3. The molecule has 0 amide bonds. The summed E-state index contributed by atoms with van der Waals surface area (Å²) in [5, 5.41) is 5.09. The number of aromatic nitrogens is 2. The van der Waals surface area contributed by atoms with Gasteiger partial charge in [0, 0.05) is 67.0 Å². The van der Waals surface area contributed by atoms with Crippen molar-refractivity contribution >= 4 is 112 Å². The lowest BCUT2D eigenvalue weighted by Crippen LogP contribution is -2.16. The van der Waals surface area contributed by atoms with Crippen LogP contribution in [0.1, 0.15) is 77.9 Å². The Morgan fingerprint density at radius 1 is 0.173 bits per heavy atom. The van der Waals surface area contributed by atoms with Crippen molar-refractivity contribution in [1.29, 1.82) is 0 Å². The third kappa shape index (κ3) is 11.5. The van der Waals surface area contributed by atoms with E-state index >= 15 is 0 Å². The molecule has 0 bridgehead atoms. The summed E-state index contributed by atoms with van der Waals surface area (Å²) >= 11 is 0. The van der Waals surface area contributed by atoms with Crippen LogP contribution in [0.25, 0.3) is 55.0 Å². The Morgan fingerprint density at radius 3 is 0.612 bits per heavy atom. The first-order valence-corrected chi connectivity index (χ1v) is 34.4. The molecule has 2 aromatic heterocycles. The van der Waals surface area contributed by atoms with Crippen LogP contribution < -0.4 is 19.6 Å². The SMILES string of the molecule is Cc1cccc(N(c2cc(C)cc(C)c2)c2cc(N(c3cc(C)cc(C)c3)c3cccc(N(c4cc(C)cc(C)c4)c4cc(N(c5cccc(C)c5)c5cc(C)cc(C)c5)cc(-n5c6cccc(C)c6c6c(C)cccc65)c4)c3)cc(-n3c4cccc(C)c4c4c(C)cccc43)c2)c1. The number of nitrogens with zero attached hydrogens (tertiary/aromatic N) is 6. The molecule has 0 aliphatic rings. The van der Waals surface area contributed by atoms with Crippen LogP contribution in [0.5, 0.6) is 0 Å².